The van der Waals surface area contributed by atoms with E-state index in [1.807, 2.05) is 31.2 Å². The molecule has 1 atom stereocenters. The minimum atomic E-state index is -0.904. The van der Waals surface area contributed by atoms with E-state index in [-0.39, 0.29) is 30.2 Å². The van der Waals surface area contributed by atoms with Crippen molar-refractivity contribution in [3.63, 3.8) is 0 Å². The highest BCUT2D eigenvalue weighted by Gasteiger charge is 2.55. The van der Waals surface area contributed by atoms with Gasteiger partial charge in [0.2, 0.25) is 17.8 Å². The van der Waals surface area contributed by atoms with Crippen molar-refractivity contribution in [1.29, 1.82) is 0 Å². The van der Waals surface area contributed by atoms with Crippen molar-refractivity contribution in [2.75, 3.05) is 23.3 Å². The number of rotatable bonds is 5. The molecule has 0 saturated carbocycles. The van der Waals surface area contributed by atoms with E-state index >= 15 is 0 Å². The number of hydrogen-bond donors (Lipinski definition) is 2. The minimum Gasteiger partial charge on any atom is -0.455 e. The number of carbonyl (C=O) groups excluding carboxylic acids is 2. The Morgan fingerprint density at radius 2 is 2.11 bits per heavy atom. The Labute approximate surface area is 166 Å². The van der Waals surface area contributed by atoms with Crippen LogP contribution in [-0.4, -0.2) is 48.9 Å². The monoisotopic (exact) mass is 400 g/mol. The molecule has 3 heterocycles. The third kappa shape index (κ3) is 3.47. The lowest BCUT2D eigenvalue weighted by Gasteiger charge is -2.28. The van der Waals surface area contributed by atoms with E-state index in [0.717, 1.165) is 17.0 Å². The van der Waals surface area contributed by atoms with Gasteiger partial charge in [0.05, 0.1) is 0 Å². The zero-order chi connectivity index (χ0) is 19.7. The van der Waals surface area contributed by atoms with Crippen molar-refractivity contribution in [3.05, 3.63) is 35.7 Å². The number of aromatic nitrogens is 3. The molecule has 2 aliphatic heterocycles. The highest BCUT2D eigenvalue weighted by atomic mass is 32.2. The summed E-state index contributed by atoms with van der Waals surface area (Å²) in [6.07, 6.45) is 0.834. The van der Waals surface area contributed by atoms with Crippen molar-refractivity contribution < 1.29 is 14.3 Å². The number of carbonyl (C=O) groups is 2. The maximum absolute atomic E-state index is 12.7. The van der Waals surface area contributed by atoms with Crippen LogP contribution in [0.15, 0.2) is 24.3 Å². The first kappa shape index (κ1) is 18.5. The average Bonchev–Trinajstić information content (AvgIpc) is 3.23. The first-order valence-electron chi connectivity index (χ1n) is 8.92. The minimum absolute atomic E-state index is 0.00376. The number of anilines is 3. The summed E-state index contributed by atoms with van der Waals surface area (Å²) in [5.74, 6) is 0.828. The molecule has 3 N–H and O–H groups in total. The van der Waals surface area contributed by atoms with E-state index < -0.39 is 10.8 Å². The molecule has 1 unspecified atom stereocenters. The molecule has 2 aliphatic rings. The van der Waals surface area contributed by atoms with Crippen LogP contribution in [0, 0.1) is 6.92 Å². The molecule has 0 bridgehead atoms. The van der Waals surface area contributed by atoms with Gasteiger partial charge in [-0.2, -0.15) is 15.0 Å². The topological polar surface area (TPSA) is 123 Å². The Morgan fingerprint density at radius 3 is 2.89 bits per heavy atom. The van der Waals surface area contributed by atoms with Crippen molar-refractivity contribution >= 4 is 41.2 Å². The second-order valence-electron chi connectivity index (χ2n) is 6.68. The summed E-state index contributed by atoms with van der Waals surface area (Å²) >= 11 is 1.46. The van der Waals surface area contributed by atoms with Gasteiger partial charge >= 0.3 is 5.97 Å². The number of nitrogen functional groups attached to an aromatic ring is 1. The average molecular weight is 400 g/mol. The van der Waals surface area contributed by atoms with Gasteiger partial charge in [-0.3, -0.25) is 4.79 Å². The Kier molecular flexibility index (Phi) is 4.80. The lowest BCUT2D eigenvalue weighted by Crippen LogP contribution is -2.46. The molecular formula is C18H20N6O3S. The zero-order valence-corrected chi connectivity index (χ0v) is 16.2. The Hall–Kier alpha value is -2.88. The van der Waals surface area contributed by atoms with Crippen LogP contribution in [0.2, 0.25) is 0 Å². The van der Waals surface area contributed by atoms with Crippen LogP contribution < -0.4 is 11.1 Å². The molecule has 1 aromatic heterocycles. The number of esters is 1. The largest absolute Gasteiger partial charge is 0.455 e. The molecule has 10 heteroatoms. The van der Waals surface area contributed by atoms with E-state index in [9.17, 15) is 9.59 Å². The molecule has 0 aliphatic carbocycles. The summed E-state index contributed by atoms with van der Waals surface area (Å²) in [4.78, 5) is 37.8. The maximum atomic E-state index is 12.7. The van der Waals surface area contributed by atoms with Gasteiger partial charge < -0.3 is 20.7 Å². The van der Waals surface area contributed by atoms with Crippen LogP contribution in [0.3, 0.4) is 0 Å². The van der Waals surface area contributed by atoms with Crippen LogP contribution in [0.1, 0.15) is 24.2 Å². The van der Waals surface area contributed by atoms with E-state index in [2.05, 4.69) is 20.3 Å². The molecular weight excluding hydrogens is 380 g/mol. The van der Waals surface area contributed by atoms with Crippen molar-refractivity contribution in [3.8, 4) is 0 Å². The van der Waals surface area contributed by atoms with E-state index in [4.69, 9.17) is 10.5 Å². The molecule has 2 fully saturated rings. The van der Waals surface area contributed by atoms with Gasteiger partial charge in [0, 0.05) is 24.4 Å². The molecule has 2 saturated heterocycles. The number of ether oxygens (including phenoxy) is 1. The normalized spacial score (nSPS) is 20.9. The number of thioether (sulfide) groups is 1. The van der Waals surface area contributed by atoms with E-state index in [0.29, 0.717) is 19.4 Å². The maximum Gasteiger partial charge on any atom is 0.343 e. The van der Waals surface area contributed by atoms with Gasteiger partial charge in [0.15, 0.2) is 17.3 Å². The number of fused-ring (bicyclic) bond motifs is 1. The van der Waals surface area contributed by atoms with Crippen LogP contribution in [0.25, 0.3) is 0 Å². The Bertz CT molecular complexity index is 922. The van der Waals surface area contributed by atoms with Crippen LogP contribution in [0.4, 0.5) is 17.6 Å². The number of hydrogen-bond acceptors (Lipinski definition) is 9. The van der Waals surface area contributed by atoms with Crippen molar-refractivity contribution in [2.45, 2.75) is 31.2 Å². The molecule has 146 valence electrons. The molecule has 9 nitrogen and oxygen atoms in total. The number of amides is 1. The predicted molar refractivity (Wildman–Crippen MR) is 105 cm³/mol. The highest BCUT2D eigenvalue weighted by Crippen LogP contribution is 2.45. The van der Waals surface area contributed by atoms with Gasteiger partial charge in [0.1, 0.15) is 0 Å². The van der Waals surface area contributed by atoms with Crippen molar-refractivity contribution in [1.82, 2.24) is 19.9 Å². The van der Waals surface area contributed by atoms with Crippen molar-refractivity contribution in [2.24, 2.45) is 0 Å². The third-order valence-corrected chi connectivity index (χ3v) is 6.18. The second-order valence-corrected chi connectivity index (χ2v) is 8.05. The highest BCUT2D eigenvalue weighted by molar-refractivity contribution is 8.01. The lowest BCUT2D eigenvalue weighted by atomic mass is 10.2. The number of nitrogens with one attached hydrogen (secondary N) is 1. The summed E-state index contributed by atoms with van der Waals surface area (Å²) in [5.41, 5.74) is 7.71. The smallest absolute Gasteiger partial charge is 0.343 e. The van der Waals surface area contributed by atoms with E-state index in [1.54, 1.807) is 4.90 Å². The van der Waals surface area contributed by atoms with Gasteiger partial charge in [0.25, 0.3) is 0 Å². The summed E-state index contributed by atoms with van der Waals surface area (Å²) < 4.78 is 5.45. The second kappa shape index (κ2) is 7.27. The molecule has 0 radical (unpaired) electrons. The molecule has 2 aromatic rings. The number of aryl methyl sites for hydroxylation is 1. The summed E-state index contributed by atoms with van der Waals surface area (Å²) in [6.45, 7) is 2.43. The Morgan fingerprint density at radius 1 is 1.32 bits per heavy atom. The zero-order valence-electron chi connectivity index (χ0n) is 15.3. The fourth-order valence-corrected chi connectivity index (χ4v) is 4.73. The summed E-state index contributed by atoms with van der Waals surface area (Å²) in [6, 6.07) is 7.72. The van der Waals surface area contributed by atoms with Crippen LogP contribution in [-0.2, 0) is 20.9 Å². The molecule has 4 rings (SSSR count). The SMILES string of the molecule is Cc1ccc(Nc2nc(N)nc(COC(=O)C34CCC(=O)N3CCS4)n2)cc1. The summed E-state index contributed by atoms with van der Waals surface area (Å²) in [7, 11) is 0. The fourth-order valence-electron chi connectivity index (χ4n) is 3.35. The van der Waals surface area contributed by atoms with Crippen LogP contribution in [0.5, 0.6) is 0 Å². The van der Waals surface area contributed by atoms with Gasteiger partial charge in [-0.25, -0.2) is 4.79 Å². The first-order chi connectivity index (χ1) is 13.5. The number of benzene rings is 1. The lowest BCUT2D eigenvalue weighted by molar-refractivity contribution is -0.154. The van der Waals surface area contributed by atoms with Gasteiger partial charge in [-0.15, -0.1) is 11.8 Å². The Balaban J connectivity index is 1.45. The van der Waals surface area contributed by atoms with Gasteiger partial charge in [-0.05, 0) is 25.5 Å². The van der Waals surface area contributed by atoms with Gasteiger partial charge in [-0.1, -0.05) is 17.7 Å². The molecule has 1 aromatic carbocycles. The first-order valence-corrected chi connectivity index (χ1v) is 9.91. The molecule has 1 amide bonds. The fraction of sp³-hybridized carbons (Fsp3) is 0.389. The third-order valence-electron chi connectivity index (χ3n) is 4.73. The van der Waals surface area contributed by atoms with Crippen LogP contribution >= 0.6 is 11.8 Å². The number of nitrogens with two attached hydrogens (primary N) is 1. The standard InChI is InChI=1S/C18H20N6O3S/c1-11-2-4-12(5-3-11)20-17-22-13(21-16(19)23-17)10-27-15(26)18-7-6-14(25)24(18)8-9-28-18/h2-5H,6-10H2,1H3,(H3,19,20,21,22,23). The number of nitrogens with zero attached hydrogens (tertiary/aromatic N) is 4. The molecule has 28 heavy (non-hydrogen) atoms. The quantitative estimate of drug-likeness (QED) is 0.720. The molecule has 0 spiro atoms. The van der Waals surface area contributed by atoms with E-state index in [1.165, 1.54) is 11.8 Å². The predicted octanol–water partition coefficient (Wildman–Crippen LogP) is 1.61. The summed E-state index contributed by atoms with van der Waals surface area (Å²) in [5, 5.41) is 3.06.